The maximum atomic E-state index is 5.57. The topological polar surface area (TPSA) is 55.0 Å². The zero-order chi connectivity index (χ0) is 21.9. The summed E-state index contributed by atoms with van der Waals surface area (Å²) >= 11 is 0. The van der Waals surface area contributed by atoms with Crippen molar-refractivity contribution < 1.29 is 4.74 Å². The number of aliphatic imine (C=N–C) groups is 1. The number of fused-ring (bicyclic) bond motifs is 1. The molecular weight excluding hydrogens is 398 g/mol. The molecule has 0 aliphatic carbocycles. The van der Waals surface area contributed by atoms with Gasteiger partial charge < -0.3 is 9.64 Å². The van der Waals surface area contributed by atoms with Crippen LogP contribution in [-0.4, -0.2) is 47.1 Å². The van der Waals surface area contributed by atoms with Gasteiger partial charge in [0.15, 0.2) is 5.65 Å². The molecule has 6 nitrogen and oxygen atoms in total. The first-order valence-electron chi connectivity index (χ1n) is 11.0. The van der Waals surface area contributed by atoms with Gasteiger partial charge in [0.05, 0.1) is 31.1 Å². The number of anilines is 1. The quantitative estimate of drug-likeness (QED) is 0.443. The number of morpholine rings is 1. The maximum Gasteiger partial charge on any atom is 0.158 e. The summed E-state index contributed by atoms with van der Waals surface area (Å²) in [4.78, 5) is 11.9. The lowest BCUT2D eigenvalue weighted by molar-refractivity contribution is 0.122. The van der Waals surface area contributed by atoms with E-state index in [0.29, 0.717) is 6.54 Å². The van der Waals surface area contributed by atoms with E-state index in [2.05, 4.69) is 78.3 Å². The second-order valence-corrected chi connectivity index (χ2v) is 8.20. The van der Waals surface area contributed by atoms with E-state index in [-0.39, 0.29) is 0 Å². The standard InChI is InChI=1S/C26H27N5O/c1-19-6-5-8-21(14-19)17-27-18-22-15-26(30-10-12-32-13-11-30)31-25(28-22)16-24(29-31)23-9-4-3-7-20(23)2/h3-9,14-17H,10-13,18H2,1-2H3. The van der Waals surface area contributed by atoms with Crippen molar-refractivity contribution in [1.29, 1.82) is 0 Å². The van der Waals surface area contributed by atoms with Crippen LogP contribution in [-0.2, 0) is 11.3 Å². The van der Waals surface area contributed by atoms with Gasteiger partial charge in [0, 0.05) is 37.0 Å². The van der Waals surface area contributed by atoms with E-state index >= 15 is 0 Å². The third kappa shape index (κ3) is 4.27. The Hall–Kier alpha value is -3.51. The number of nitrogens with zero attached hydrogens (tertiary/aromatic N) is 5. The van der Waals surface area contributed by atoms with Crippen molar-refractivity contribution in [3.05, 3.63) is 83.0 Å². The van der Waals surface area contributed by atoms with E-state index in [4.69, 9.17) is 14.8 Å². The summed E-state index contributed by atoms with van der Waals surface area (Å²) in [6.45, 7) is 7.84. The first-order valence-corrected chi connectivity index (χ1v) is 11.0. The van der Waals surface area contributed by atoms with Crippen LogP contribution in [0.15, 0.2) is 65.7 Å². The van der Waals surface area contributed by atoms with Crippen LogP contribution < -0.4 is 4.90 Å². The Morgan fingerprint density at radius 2 is 1.84 bits per heavy atom. The molecule has 0 amide bonds. The number of hydrogen-bond acceptors (Lipinski definition) is 5. The van der Waals surface area contributed by atoms with Gasteiger partial charge >= 0.3 is 0 Å². The van der Waals surface area contributed by atoms with Crippen molar-refractivity contribution in [1.82, 2.24) is 14.6 Å². The minimum atomic E-state index is 0.520. The van der Waals surface area contributed by atoms with Crippen LogP contribution in [0.4, 0.5) is 5.82 Å². The molecular formula is C26H27N5O. The molecule has 0 bridgehead atoms. The Morgan fingerprint density at radius 1 is 1.00 bits per heavy atom. The average Bonchev–Trinajstić information content (AvgIpc) is 3.23. The molecule has 1 aliphatic rings. The van der Waals surface area contributed by atoms with E-state index in [0.717, 1.165) is 60.3 Å². The maximum absolute atomic E-state index is 5.57. The summed E-state index contributed by atoms with van der Waals surface area (Å²) in [6.07, 6.45) is 1.92. The van der Waals surface area contributed by atoms with Gasteiger partial charge in [-0.25, -0.2) is 4.98 Å². The minimum Gasteiger partial charge on any atom is -0.378 e. The number of aryl methyl sites for hydroxylation is 2. The number of ether oxygens (including phenoxy) is 1. The molecule has 32 heavy (non-hydrogen) atoms. The Balaban J connectivity index is 1.52. The second-order valence-electron chi connectivity index (χ2n) is 8.20. The second kappa shape index (κ2) is 8.93. The molecule has 3 heterocycles. The Labute approximate surface area is 188 Å². The fourth-order valence-corrected chi connectivity index (χ4v) is 4.09. The van der Waals surface area contributed by atoms with Gasteiger partial charge in [-0.05, 0) is 25.0 Å². The highest BCUT2D eigenvalue weighted by Gasteiger charge is 2.18. The molecule has 4 aromatic rings. The van der Waals surface area contributed by atoms with E-state index in [9.17, 15) is 0 Å². The lowest BCUT2D eigenvalue weighted by Crippen LogP contribution is -2.37. The molecule has 5 rings (SSSR count). The monoisotopic (exact) mass is 425 g/mol. The zero-order valence-electron chi connectivity index (χ0n) is 18.5. The summed E-state index contributed by atoms with van der Waals surface area (Å²) in [6, 6.07) is 20.8. The molecule has 2 aromatic heterocycles. The highest BCUT2D eigenvalue weighted by atomic mass is 16.5. The van der Waals surface area contributed by atoms with Gasteiger partial charge in [-0.3, -0.25) is 4.99 Å². The molecule has 162 valence electrons. The van der Waals surface area contributed by atoms with Crippen molar-refractivity contribution in [3.8, 4) is 11.3 Å². The Kier molecular flexibility index (Phi) is 5.69. The van der Waals surface area contributed by atoms with Crippen LogP contribution in [0, 0.1) is 13.8 Å². The molecule has 0 radical (unpaired) electrons. The number of hydrogen-bond donors (Lipinski definition) is 0. The van der Waals surface area contributed by atoms with E-state index in [1.807, 2.05) is 16.8 Å². The minimum absolute atomic E-state index is 0.520. The summed E-state index contributed by atoms with van der Waals surface area (Å²) in [5.74, 6) is 1.04. The number of aromatic nitrogens is 3. The number of benzene rings is 2. The summed E-state index contributed by atoms with van der Waals surface area (Å²) in [5.41, 5.74) is 7.37. The lowest BCUT2D eigenvalue weighted by atomic mass is 10.1. The first kappa shape index (κ1) is 20.4. The SMILES string of the molecule is Cc1cccc(C=NCc2cc(N3CCOCC3)n3nc(-c4ccccc4C)cc3n2)c1. The van der Waals surface area contributed by atoms with Gasteiger partial charge in [-0.2, -0.15) is 9.61 Å². The summed E-state index contributed by atoms with van der Waals surface area (Å²) in [7, 11) is 0. The average molecular weight is 426 g/mol. The summed E-state index contributed by atoms with van der Waals surface area (Å²) < 4.78 is 7.53. The molecule has 1 fully saturated rings. The van der Waals surface area contributed by atoms with Crippen LogP contribution >= 0.6 is 0 Å². The van der Waals surface area contributed by atoms with Crippen molar-refractivity contribution >= 4 is 17.7 Å². The van der Waals surface area contributed by atoms with Crippen LogP contribution in [0.25, 0.3) is 16.9 Å². The van der Waals surface area contributed by atoms with Gasteiger partial charge in [0.2, 0.25) is 0 Å². The highest BCUT2D eigenvalue weighted by Crippen LogP contribution is 2.26. The Bertz CT molecular complexity index is 1270. The van der Waals surface area contributed by atoms with E-state index in [1.54, 1.807) is 0 Å². The molecule has 0 saturated carbocycles. The lowest BCUT2D eigenvalue weighted by Gasteiger charge is -2.29. The van der Waals surface area contributed by atoms with Crippen molar-refractivity contribution in [2.24, 2.45) is 4.99 Å². The normalized spacial score (nSPS) is 14.5. The molecule has 6 heteroatoms. The summed E-state index contributed by atoms with van der Waals surface area (Å²) in [5, 5.41) is 4.93. The predicted octanol–water partition coefficient (Wildman–Crippen LogP) is 4.47. The van der Waals surface area contributed by atoms with Crippen LogP contribution in [0.1, 0.15) is 22.4 Å². The third-order valence-electron chi connectivity index (χ3n) is 5.75. The molecule has 0 unspecified atom stereocenters. The molecule has 1 aliphatic heterocycles. The molecule has 1 saturated heterocycles. The molecule has 0 spiro atoms. The molecule has 0 N–H and O–H groups in total. The van der Waals surface area contributed by atoms with Crippen LogP contribution in [0.5, 0.6) is 0 Å². The smallest absolute Gasteiger partial charge is 0.158 e. The van der Waals surface area contributed by atoms with Crippen LogP contribution in [0.3, 0.4) is 0 Å². The molecule has 0 atom stereocenters. The van der Waals surface area contributed by atoms with Gasteiger partial charge in [0.25, 0.3) is 0 Å². The van der Waals surface area contributed by atoms with Crippen LogP contribution in [0.2, 0.25) is 0 Å². The van der Waals surface area contributed by atoms with Gasteiger partial charge in [0.1, 0.15) is 5.82 Å². The molecule has 2 aromatic carbocycles. The zero-order valence-corrected chi connectivity index (χ0v) is 18.5. The van der Waals surface area contributed by atoms with Gasteiger partial charge in [-0.15, -0.1) is 0 Å². The Morgan fingerprint density at radius 3 is 2.66 bits per heavy atom. The van der Waals surface area contributed by atoms with E-state index in [1.165, 1.54) is 11.1 Å². The third-order valence-corrected chi connectivity index (χ3v) is 5.75. The fraction of sp³-hybridized carbons (Fsp3) is 0.269. The predicted molar refractivity (Wildman–Crippen MR) is 129 cm³/mol. The van der Waals surface area contributed by atoms with E-state index < -0.39 is 0 Å². The van der Waals surface area contributed by atoms with Crippen molar-refractivity contribution in [2.45, 2.75) is 20.4 Å². The first-order chi connectivity index (χ1) is 15.7. The largest absolute Gasteiger partial charge is 0.378 e. The fourth-order valence-electron chi connectivity index (χ4n) is 4.09. The number of rotatable bonds is 5. The van der Waals surface area contributed by atoms with Gasteiger partial charge in [-0.1, -0.05) is 54.1 Å². The van der Waals surface area contributed by atoms with Crippen molar-refractivity contribution in [3.63, 3.8) is 0 Å². The highest BCUT2D eigenvalue weighted by molar-refractivity contribution is 5.79. The van der Waals surface area contributed by atoms with Crippen molar-refractivity contribution in [2.75, 3.05) is 31.2 Å².